The van der Waals surface area contributed by atoms with E-state index in [4.69, 9.17) is 15.6 Å². The van der Waals surface area contributed by atoms with E-state index in [2.05, 4.69) is 10.6 Å². The lowest BCUT2D eigenvalue weighted by atomic mass is 10.1. The SMILES string of the molecule is NCCNCC=C1CN([C@H]2C[C@H](O)[C@@H](CO)O2)C(=O)NC1=O. The van der Waals surface area contributed by atoms with E-state index in [0.29, 0.717) is 25.2 Å². The molecule has 3 amide bonds. The van der Waals surface area contributed by atoms with E-state index in [-0.39, 0.29) is 19.6 Å². The molecule has 0 radical (unpaired) electrons. The van der Waals surface area contributed by atoms with Crippen molar-refractivity contribution >= 4 is 11.9 Å². The third-order valence-corrected chi connectivity index (χ3v) is 3.66. The van der Waals surface area contributed by atoms with Gasteiger partial charge < -0.3 is 26.0 Å². The maximum Gasteiger partial charge on any atom is 0.326 e. The summed E-state index contributed by atoms with van der Waals surface area (Å²) in [4.78, 5) is 25.1. The van der Waals surface area contributed by atoms with Crippen molar-refractivity contribution < 1.29 is 24.5 Å². The van der Waals surface area contributed by atoms with Gasteiger partial charge in [-0.25, -0.2) is 4.79 Å². The molecule has 0 bridgehead atoms. The number of nitrogens with one attached hydrogen (secondary N) is 2. The van der Waals surface area contributed by atoms with Crippen molar-refractivity contribution in [3.8, 4) is 0 Å². The highest BCUT2D eigenvalue weighted by molar-refractivity contribution is 6.06. The van der Waals surface area contributed by atoms with Crippen LogP contribution in [0.5, 0.6) is 0 Å². The van der Waals surface area contributed by atoms with Crippen LogP contribution >= 0.6 is 0 Å². The number of nitrogens with zero attached hydrogens (tertiary/aromatic N) is 1. The Morgan fingerprint density at radius 2 is 2.27 bits per heavy atom. The molecule has 0 aromatic heterocycles. The number of ether oxygens (including phenoxy) is 1. The molecule has 0 aromatic carbocycles. The monoisotopic (exact) mass is 314 g/mol. The standard InChI is InChI=1S/C13H22N4O5/c14-2-4-15-3-1-8-6-17(13(21)16-12(8)20)11-5-9(19)10(7-18)22-11/h1,9-11,15,18-19H,2-7,14H2,(H,16,20,21)/t9-,10+,11+/m0/s1. The first-order valence-corrected chi connectivity index (χ1v) is 7.23. The topological polar surface area (TPSA) is 137 Å². The molecule has 0 saturated carbocycles. The van der Waals surface area contributed by atoms with Gasteiger partial charge in [0.1, 0.15) is 12.3 Å². The third-order valence-electron chi connectivity index (χ3n) is 3.66. The van der Waals surface area contributed by atoms with Crippen LogP contribution in [0.15, 0.2) is 11.6 Å². The highest BCUT2D eigenvalue weighted by Crippen LogP contribution is 2.25. The Labute approximate surface area is 128 Å². The average molecular weight is 314 g/mol. The van der Waals surface area contributed by atoms with E-state index in [1.807, 2.05) is 0 Å². The molecule has 2 fully saturated rings. The highest BCUT2D eigenvalue weighted by Gasteiger charge is 2.41. The highest BCUT2D eigenvalue weighted by atomic mass is 16.5. The van der Waals surface area contributed by atoms with Crippen LogP contribution in [0.4, 0.5) is 4.79 Å². The van der Waals surface area contributed by atoms with Gasteiger partial charge in [-0.1, -0.05) is 6.08 Å². The van der Waals surface area contributed by atoms with Crippen molar-refractivity contribution in [2.45, 2.75) is 24.9 Å². The van der Waals surface area contributed by atoms with Gasteiger partial charge in [0.15, 0.2) is 0 Å². The number of imide groups is 1. The summed E-state index contributed by atoms with van der Waals surface area (Å²) in [6, 6.07) is -0.562. The van der Waals surface area contributed by atoms with Crippen LogP contribution in [0.3, 0.4) is 0 Å². The number of amides is 3. The number of nitrogens with two attached hydrogens (primary N) is 1. The molecular formula is C13H22N4O5. The first kappa shape index (κ1) is 16.8. The minimum absolute atomic E-state index is 0.102. The van der Waals surface area contributed by atoms with Crippen molar-refractivity contribution in [3.63, 3.8) is 0 Å². The number of aliphatic hydroxyl groups excluding tert-OH is 2. The maximum absolute atomic E-state index is 11.9. The fraction of sp³-hybridized carbons (Fsp3) is 0.692. The smallest absolute Gasteiger partial charge is 0.326 e. The van der Waals surface area contributed by atoms with Crippen molar-refractivity contribution in [2.24, 2.45) is 5.73 Å². The molecule has 22 heavy (non-hydrogen) atoms. The average Bonchev–Trinajstić information content (AvgIpc) is 2.86. The molecule has 0 aromatic rings. The number of rotatable bonds is 6. The Balaban J connectivity index is 1.99. The molecule has 2 rings (SSSR count). The molecule has 3 atom stereocenters. The summed E-state index contributed by atoms with van der Waals surface area (Å²) < 4.78 is 5.45. The summed E-state index contributed by atoms with van der Waals surface area (Å²) in [5, 5.41) is 24.1. The van der Waals surface area contributed by atoms with E-state index < -0.39 is 30.4 Å². The van der Waals surface area contributed by atoms with Crippen molar-refractivity contribution in [1.82, 2.24) is 15.5 Å². The molecule has 6 N–H and O–H groups in total. The molecule has 2 saturated heterocycles. The van der Waals surface area contributed by atoms with Crippen LogP contribution in [0, 0.1) is 0 Å². The minimum Gasteiger partial charge on any atom is -0.394 e. The normalized spacial score (nSPS) is 31.0. The maximum atomic E-state index is 11.9. The quantitative estimate of drug-likeness (QED) is 0.269. The van der Waals surface area contributed by atoms with Gasteiger partial charge >= 0.3 is 6.03 Å². The number of hydrogen-bond donors (Lipinski definition) is 5. The summed E-state index contributed by atoms with van der Waals surface area (Å²) in [7, 11) is 0. The fourth-order valence-corrected chi connectivity index (χ4v) is 2.44. The van der Waals surface area contributed by atoms with Gasteiger partial charge in [0.05, 0.1) is 19.3 Å². The molecule has 2 heterocycles. The molecule has 2 aliphatic heterocycles. The molecule has 0 unspecified atom stereocenters. The number of carbonyl (C=O) groups excluding carboxylic acids is 2. The van der Waals surface area contributed by atoms with Crippen molar-refractivity contribution in [3.05, 3.63) is 11.6 Å². The first-order chi connectivity index (χ1) is 10.6. The van der Waals surface area contributed by atoms with Crippen LogP contribution in [0.1, 0.15) is 6.42 Å². The van der Waals surface area contributed by atoms with Crippen LogP contribution in [-0.2, 0) is 9.53 Å². The second-order valence-corrected chi connectivity index (χ2v) is 5.22. The Kier molecular flexibility index (Phi) is 5.86. The molecule has 9 heteroatoms. The molecule has 9 nitrogen and oxygen atoms in total. The fourth-order valence-electron chi connectivity index (χ4n) is 2.44. The summed E-state index contributed by atoms with van der Waals surface area (Å²) in [6.07, 6.45) is -0.320. The van der Waals surface area contributed by atoms with E-state index in [1.165, 1.54) is 4.90 Å². The lowest BCUT2D eigenvalue weighted by Gasteiger charge is -2.32. The van der Waals surface area contributed by atoms with Gasteiger partial charge in [-0.05, 0) is 0 Å². The van der Waals surface area contributed by atoms with Crippen LogP contribution in [-0.4, -0.2) is 78.3 Å². The van der Waals surface area contributed by atoms with Gasteiger partial charge in [0.25, 0.3) is 5.91 Å². The van der Waals surface area contributed by atoms with Crippen LogP contribution in [0.2, 0.25) is 0 Å². The Morgan fingerprint density at radius 1 is 1.50 bits per heavy atom. The van der Waals surface area contributed by atoms with E-state index >= 15 is 0 Å². The van der Waals surface area contributed by atoms with Gasteiger partial charge in [-0.2, -0.15) is 0 Å². The lowest BCUT2D eigenvalue weighted by Crippen LogP contribution is -2.55. The van der Waals surface area contributed by atoms with E-state index in [0.717, 1.165) is 0 Å². The minimum atomic E-state index is -0.834. The molecular weight excluding hydrogens is 292 g/mol. The number of urea groups is 1. The Bertz CT molecular complexity index is 456. The Morgan fingerprint density at radius 3 is 2.91 bits per heavy atom. The summed E-state index contributed by atoms with van der Waals surface area (Å²) in [5.74, 6) is -0.437. The number of carbonyl (C=O) groups is 2. The predicted molar refractivity (Wildman–Crippen MR) is 76.6 cm³/mol. The summed E-state index contributed by atoms with van der Waals surface area (Å²) in [5.41, 5.74) is 5.80. The summed E-state index contributed by atoms with van der Waals surface area (Å²) in [6.45, 7) is 1.37. The second kappa shape index (κ2) is 7.65. The van der Waals surface area contributed by atoms with E-state index in [9.17, 15) is 14.7 Å². The zero-order valence-electron chi connectivity index (χ0n) is 12.2. The molecule has 124 valence electrons. The van der Waals surface area contributed by atoms with Crippen molar-refractivity contribution in [1.29, 1.82) is 0 Å². The molecule has 0 aliphatic carbocycles. The van der Waals surface area contributed by atoms with Gasteiger partial charge in [-0.3, -0.25) is 15.0 Å². The summed E-state index contributed by atoms with van der Waals surface area (Å²) >= 11 is 0. The van der Waals surface area contributed by atoms with Gasteiger partial charge in [0.2, 0.25) is 0 Å². The zero-order chi connectivity index (χ0) is 16.1. The zero-order valence-corrected chi connectivity index (χ0v) is 12.2. The molecule has 0 spiro atoms. The number of aliphatic hydroxyl groups is 2. The lowest BCUT2D eigenvalue weighted by molar-refractivity contribution is -0.119. The van der Waals surface area contributed by atoms with Gasteiger partial charge in [-0.15, -0.1) is 0 Å². The molecule has 2 aliphatic rings. The van der Waals surface area contributed by atoms with Crippen LogP contribution in [0.25, 0.3) is 0 Å². The van der Waals surface area contributed by atoms with Crippen LogP contribution < -0.4 is 16.4 Å². The second-order valence-electron chi connectivity index (χ2n) is 5.22. The van der Waals surface area contributed by atoms with Gasteiger partial charge in [0, 0.05) is 31.6 Å². The largest absolute Gasteiger partial charge is 0.394 e. The number of hydrogen-bond acceptors (Lipinski definition) is 7. The first-order valence-electron chi connectivity index (χ1n) is 7.23. The Hall–Kier alpha value is -1.52. The van der Waals surface area contributed by atoms with Crippen molar-refractivity contribution in [2.75, 3.05) is 32.8 Å². The van der Waals surface area contributed by atoms with E-state index in [1.54, 1.807) is 6.08 Å². The predicted octanol–water partition coefficient (Wildman–Crippen LogP) is -2.52. The third kappa shape index (κ3) is 3.81.